The predicted octanol–water partition coefficient (Wildman–Crippen LogP) is 3.60. The standard InChI is InChI=1S/C24H23FN6O2/c1-2-30-14-26-23-18(10-27-29-24(23)30)15-3-5-19(25)21(9-15)33-22-6-4-16-11-31(17-12-32-13-17)8-7-20(16)28-22/h3-6,9-10,14,17H,2,7-8,11-13H2,1H3. The van der Waals surface area contributed by atoms with Gasteiger partial charge >= 0.3 is 0 Å². The van der Waals surface area contributed by atoms with Gasteiger partial charge in [0.1, 0.15) is 5.52 Å². The normalized spacial score (nSPS) is 16.5. The van der Waals surface area contributed by atoms with Crippen LogP contribution < -0.4 is 4.74 Å². The highest BCUT2D eigenvalue weighted by Crippen LogP contribution is 2.33. The first kappa shape index (κ1) is 20.2. The van der Waals surface area contributed by atoms with Crippen molar-refractivity contribution >= 4 is 11.2 Å². The molecule has 0 radical (unpaired) electrons. The fourth-order valence-electron chi connectivity index (χ4n) is 4.40. The number of hydrogen-bond donors (Lipinski definition) is 0. The average molecular weight is 446 g/mol. The van der Waals surface area contributed by atoms with E-state index < -0.39 is 5.82 Å². The Morgan fingerprint density at radius 1 is 1.21 bits per heavy atom. The molecule has 1 saturated heterocycles. The van der Waals surface area contributed by atoms with Crippen LogP contribution >= 0.6 is 0 Å². The van der Waals surface area contributed by atoms with Crippen molar-refractivity contribution < 1.29 is 13.9 Å². The Hall–Kier alpha value is -3.43. The maximum absolute atomic E-state index is 14.6. The van der Waals surface area contributed by atoms with E-state index in [1.165, 1.54) is 11.6 Å². The number of nitrogens with zero attached hydrogens (tertiary/aromatic N) is 6. The summed E-state index contributed by atoms with van der Waals surface area (Å²) in [6, 6.07) is 9.09. The second kappa shape index (κ2) is 8.17. The number of hydrogen-bond acceptors (Lipinski definition) is 7. The van der Waals surface area contributed by atoms with Crippen LogP contribution in [0.2, 0.25) is 0 Å². The average Bonchev–Trinajstić information content (AvgIpc) is 3.23. The molecule has 0 spiro atoms. The number of aromatic nitrogens is 5. The number of ether oxygens (including phenoxy) is 2. The van der Waals surface area contributed by atoms with E-state index in [0.717, 1.165) is 61.6 Å². The molecule has 3 aromatic heterocycles. The molecule has 0 saturated carbocycles. The van der Waals surface area contributed by atoms with Crippen molar-refractivity contribution in [3.05, 3.63) is 59.9 Å². The molecule has 6 rings (SSSR count). The number of halogens is 1. The first-order chi connectivity index (χ1) is 16.2. The highest BCUT2D eigenvalue weighted by molar-refractivity contribution is 5.89. The molecule has 2 aliphatic rings. The minimum atomic E-state index is -0.452. The Kier molecular flexibility index (Phi) is 5.00. The van der Waals surface area contributed by atoms with Crippen LogP contribution in [0.3, 0.4) is 0 Å². The largest absolute Gasteiger partial charge is 0.436 e. The first-order valence-electron chi connectivity index (χ1n) is 11.1. The van der Waals surface area contributed by atoms with Crippen molar-refractivity contribution in [3.63, 3.8) is 0 Å². The second-order valence-electron chi connectivity index (χ2n) is 8.38. The van der Waals surface area contributed by atoms with Crippen LogP contribution in [0.5, 0.6) is 11.6 Å². The molecule has 0 bridgehead atoms. The summed E-state index contributed by atoms with van der Waals surface area (Å²) in [5.41, 5.74) is 5.13. The van der Waals surface area contributed by atoms with Crippen molar-refractivity contribution in [1.82, 2.24) is 29.6 Å². The van der Waals surface area contributed by atoms with Crippen molar-refractivity contribution in [2.24, 2.45) is 0 Å². The van der Waals surface area contributed by atoms with E-state index in [4.69, 9.17) is 9.47 Å². The van der Waals surface area contributed by atoms with Crippen LogP contribution in [0.1, 0.15) is 18.2 Å². The number of imidazole rings is 1. The van der Waals surface area contributed by atoms with Crippen LogP contribution in [0.25, 0.3) is 22.3 Å². The van der Waals surface area contributed by atoms with E-state index >= 15 is 0 Å². The molecule has 9 heteroatoms. The number of aryl methyl sites for hydroxylation is 1. The fraction of sp³-hybridized carbons (Fsp3) is 0.333. The number of rotatable bonds is 5. The fourth-order valence-corrected chi connectivity index (χ4v) is 4.40. The summed E-state index contributed by atoms with van der Waals surface area (Å²) in [5, 5.41) is 8.31. The first-order valence-corrected chi connectivity index (χ1v) is 11.1. The van der Waals surface area contributed by atoms with Gasteiger partial charge in [0.2, 0.25) is 5.88 Å². The van der Waals surface area contributed by atoms with Gasteiger partial charge in [0.25, 0.3) is 0 Å². The van der Waals surface area contributed by atoms with Gasteiger partial charge in [-0.15, -0.1) is 5.10 Å². The van der Waals surface area contributed by atoms with Gasteiger partial charge in [-0.25, -0.2) is 14.4 Å². The maximum atomic E-state index is 14.6. The molecular formula is C24H23FN6O2. The van der Waals surface area contributed by atoms with Crippen molar-refractivity contribution in [1.29, 1.82) is 0 Å². The van der Waals surface area contributed by atoms with Gasteiger partial charge in [-0.3, -0.25) is 4.90 Å². The summed E-state index contributed by atoms with van der Waals surface area (Å²) in [4.78, 5) is 11.6. The van der Waals surface area contributed by atoms with E-state index in [-0.39, 0.29) is 5.75 Å². The molecule has 0 N–H and O–H groups in total. The van der Waals surface area contributed by atoms with Gasteiger partial charge in [0.05, 0.1) is 37.5 Å². The van der Waals surface area contributed by atoms with E-state index in [1.807, 2.05) is 17.6 Å². The summed E-state index contributed by atoms with van der Waals surface area (Å²) in [6.45, 7) is 6.16. The van der Waals surface area contributed by atoms with Crippen molar-refractivity contribution in [2.75, 3.05) is 19.8 Å². The summed E-state index contributed by atoms with van der Waals surface area (Å²) >= 11 is 0. The SMILES string of the molecule is CCn1cnc2c(-c3ccc(F)c(Oc4ccc5c(n4)CCN(C4COC4)C5)c3)cnnc21. The van der Waals surface area contributed by atoms with E-state index in [2.05, 4.69) is 25.1 Å². The lowest BCUT2D eigenvalue weighted by Gasteiger charge is -2.39. The minimum Gasteiger partial charge on any atom is -0.436 e. The Morgan fingerprint density at radius 3 is 2.94 bits per heavy atom. The summed E-state index contributed by atoms with van der Waals surface area (Å²) < 4.78 is 27.8. The maximum Gasteiger partial charge on any atom is 0.219 e. The van der Waals surface area contributed by atoms with Crippen LogP contribution in [0.4, 0.5) is 4.39 Å². The topological polar surface area (TPSA) is 78.2 Å². The summed E-state index contributed by atoms with van der Waals surface area (Å²) in [6.07, 6.45) is 4.22. The smallest absolute Gasteiger partial charge is 0.219 e. The molecule has 0 amide bonds. The molecule has 0 atom stereocenters. The monoisotopic (exact) mass is 446 g/mol. The molecule has 33 heavy (non-hydrogen) atoms. The minimum absolute atomic E-state index is 0.115. The molecule has 0 aliphatic carbocycles. The zero-order valence-electron chi connectivity index (χ0n) is 18.2. The second-order valence-corrected chi connectivity index (χ2v) is 8.38. The van der Waals surface area contributed by atoms with E-state index in [9.17, 15) is 4.39 Å². The third-order valence-electron chi connectivity index (χ3n) is 6.39. The lowest BCUT2D eigenvalue weighted by Crippen LogP contribution is -2.50. The number of pyridine rings is 1. The van der Waals surface area contributed by atoms with E-state index in [0.29, 0.717) is 17.6 Å². The van der Waals surface area contributed by atoms with Crippen molar-refractivity contribution in [3.8, 4) is 22.8 Å². The quantitative estimate of drug-likeness (QED) is 0.464. The molecule has 4 aromatic rings. The van der Waals surface area contributed by atoms with Crippen LogP contribution in [0.15, 0.2) is 42.9 Å². The molecule has 5 heterocycles. The molecule has 0 unspecified atom stereocenters. The summed E-state index contributed by atoms with van der Waals surface area (Å²) in [5.74, 6) is 0.0501. The predicted molar refractivity (Wildman–Crippen MR) is 119 cm³/mol. The highest BCUT2D eigenvalue weighted by atomic mass is 19.1. The van der Waals surface area contributed by atoms with Gasteiger partial charge < -0.3 is 14.0 Å². The number of benzene rings is 1. The Balaban J connectivity index is 1.28. The lowest BCUT2D eigenvalue weighted by atomic mass is 10.0. The zero-order valence-corrected chi connectivity index (χ0v) is 18.2. The molecular weight excluding hydrogens is 423 g/mol. The Morgan fingerprint density at radius 2 is 2.12 bits per heavy atom. The molecule has 1 aromatic carbocycles. The third-order valence-corrected chi connectivity index (χ3v) is 6.39. The molecule has 168 valence electrons. The van der Waals surface area contributed by atoms with Crippen LogP contribution in [0, 0.1) is 5.82 Å². The molecule has 2 aliphatic heterocycles. The number of fused-ring (bicyclic) bond motifs is 2. The van der Waals surface area contributed by atoms with Gasteiger partial charge in [0.15, 0.2) is 17.2 Å². The Bertz CT molecular complexity index is 1340. The lowest BCUT2D eigenvalue weighted by molar-refractivity contribution is -0.0696. The van der Waals surface area contributed by atoms with Gasteiger partial charge in [-0.1, -0.05) is 12.1 Å². The van der Waals surface area contributed by atoms with Crippen LogP contribution in [-0.2, 0) is 24.2 Å². The molecule has 8 nitrogen and oxygen atoms in total. The highest BCUT2D eigenvalue weighted by Gasteiger charge is 2.29. The van der Waals surface area contributed by atoms with Crippen molar-refractivity contribution in [2.45, 2.75) is 32.5 Å². The van der Waals surface area contributed by atoms with Crippen LogP contribution in [-0.4, -0.2) is 55.4 Å². The van der Waals surface area contributed by atoms with E-state index in [1.54, 1.807) is 30.7 Å². The third kappa shape index (κ3) is 3.63. The van der Waals surface area contributed by atoms with Gasteiger partial charge in [-0.05, 0) is 30.2 Å². The Labute approximate surface area is 190 Å². The van der Waals surface area contributed by atoms with Gasteiger partial charge in [0, 0.05) is 37.7 Å². The molecule has 1 fully saturated rings. The summed E-state index contributed by atoms with van der Waals surface area (Å²) in [7, 11) is 0. The zero-order chi connectivity index (χ0) is 22.4. The van der Waals surface area contributed by atoms with Gasteiger partial charge in [-0.2, -0.15) is 5.10 Å².